The number of halogens is 7. The van der Waals surface area contributed by atoms with Gasteiger partial charge in [0.05, 0.1) is 0 Å². The third kappa shape index (κ3) is 5.60. The molecule has 0 saturated heterocycles. The molecule has 2 aromatic rings. The van der Waals surface area contributed by atoms with E-state index in [1.807, 2.05) is 0 Å². The Morgan fingerprint density at radius 1 is 1.11 bits per heavy atom. The van der Waals surface area contributed by atoms with Crippen LogP contribution in [-0.4, -0.2) is 41.2 Å². The molecule has 0 unspecified atom stereocenters. The average molecular weight is 413 g/mol. The first-order valence-electron chi connectivity index (χ1n) is 7.68. The second kappa shape index (κ2) is 7.68. The minimum Gasteiger partial charge on any atom is -0.467 e. The quantitative estimate of drug-likeness (QED) is 0.758. The molecule has 0 aliphatic rings. The van der Waals surface area contributed by atoms with Gasteiger partial charge in [-0.3, -0.25) is 4.79 Å². The fourth-order valence-corrected chi connectivity index (χ4v) is 2.26. The van der Waals surface area contributed by atoms with E-state index in [-0.39, 0.29) is 22.5 Å². The summed E-state index contributed by atoms with van der Waals surface area (Å²) in [7, 11) is 0. The molecular weight excluding hydrogens is 399 g/mol. The van der Waals surface area contributed by atoms with Gasteiger partial charge in [0.1, 0.15) is 18.0 Å². The van der Waals surface area contributed by atoms with Crippen LogP contribution in [0.25, 0.3) is 5.69 Å². The molecule has 2 rings (SSSR count). The molecule has 154 valence electrons. The van der Waals surface area contributed by atoms with Gasteiger partial charge in [0.15, 0.2) is 6.61 Å². The van der Waals surface area contributed by atoms with E-state index < -0.39 is 43.1 Å². The number of ether oxygens (including phenoxy) is 1. The van der Waals surface area contributed by atoms with E-state index in [9.17, 15) is 35.5 Å². The van der Waals surface area contributed by atoms with Crippen molar-refractivity contribution in [2.45, 2.75) is 26.2 Å². The summed E-state index contributed by atoms with van der Waals surface area (Å²) in [5, 5.41) is 5.37. The summed E-state index contributed by atoms with van der Waals surface area (Å²) < 4.78 is 93.2. The van der Waals surface area contributed by atoms with Crippen LogP contribution in [0.4, 0.5) is 30.7 Å². The maximum Gasteiger partial charge on any atom is 0.422 e. The van der Waals surface area contributed by atoms with Crippen LogP contribution in [0.15, 0.2) is 18.2 Å². The minimum atomic E-state index is -4.63. The summed E-state index contributed by atoms with van der Waals surface area (Å²) in [4.78, 5) is 12.0. The van der Waals surface area contributed by atoms with Crippen LogP contribution in [0, 0.1) is 19.7 Å². The van der Waals surface area contributed by atoms with Crippen molar-refractivity contribution >= 4 is 5.91 Å². The highest BCUT2D eigenvalue weighted by atomic mass is 19.4. The lowest BCUT2D eigenvalue weighted by Crippen LogP contribution is -2.34. The summed E-state index contributed by atoms with van der Waals surface area (Å²) in [5.41, 5.74) is -0.323. The van der Waals surface area contributed by atoms with Gasteiger partial charge in [0, 0.05) is 17.3 Å². The normalized spacial score (nSPS) is 12.2. The number of hydrogen-bond donors (Lipinski definition) is 1. The van der Waals surface area contributed by atoms with Crippen molar-refractivity contribution in [3.05, 3.63) is 40.8 Å². The largest absolute Gasteiger partial charge is 0.467 e. The van der Waals surface area contributed by atoms with Gasteiger partial charge in [0.2, 0.25) is 5.88 Å². The van der Waals surface area contributed by atoms with Crippen molar-refractivity contribution in [3.8, 4) is 11.6 Å². The number of nitrogens with zero attached hydrogens (tertiary/aromatic N) is 2. The maximum atomic E-state index is 14.3. The van der Waals surface area contributed by atoms with Crippen LogP contribution in [0.5, 0.6) is 5.88 Å². The Balaban J connectivity index is 2.33. The molecule has 0 aliphatic heterocycles. The third-order valence-electron chi connectivity index (χ3n) is 3.46. The van der Waals surface area contributed by atoms with Crippen LogP contribution in [-0.2, 0) is 0 Å². The number of benzene rings is 1. The zero-order valence-electron chi connectivity index (χ0n) is 14.5. The highest BCUT2D eigenvalue weighted by Gasteiger charge is 2.30. The van der Waals surface area contributed by atoms with Crippen LogP contribution in [0.1, 0.15) is 21.6 Å². The van der Waals surface area contributed by atoms with Gasteiger partial charge in [-0.1, -0.05) is 0 Å². The molecule has 0 bridgehead atoms. The average Bonchev–Trinajstić information content (AvgIpc) is 2.90. The van der Waals surface area contributed by atoms with Gasteiger partial charge >= 0.3 is 12.4 Å². The monoisotopic (exact) mass is 413 g/mol. The van der Waals surface area contributed by atoms with Crippen molar-refractivity contribution < 1.29 is 40.3 Å². The maximum absolute atomic E-state index is 14.3. The van der Waals surface area contributed by atoms with E-state index >= 15 is 0 Å². The van der Waals surface area contributed by atoms with Crippen LogP contribution in [0.2, 0.25) is 0 Å². The Kier molecular flexibility index (Phi) is 5.90. The highest BCUT2D eigenvalue weighted by Crippen LogP contribution is 2.24. The SMILES string of the molecule is Cc1cc(F)c(-n2nc(OCC(F)(F)F)cc2C)cc1C(=O)NCC(F)(F)F. The molecule has 28 heavy (non-hydrogen) atoms. The Morgan fingerprint density at radius 3 is 2.32 bits per heavy atom. The van der Waals surface area contributed by atoms with Crippen molar-refractivity contribution in [1.82, 2.24) is 15.1 Å². The Morgan fingerprint density at radius 2 is 1.75 bits per heavy atom. The van der Waals surface area contributed by atoms with Gasteiger partial charge in [-0.2, -0.15) is 26.3 Å². The Labute approximate surface area is 154 Å². The van der Waals surface area contributed by atoms with Gasteiger partial charge in [-0.05, 0) is 31.5 Å². The Hall–Kier alpha value is -2.79. The number of hydrogen-bond acceptors (Lipinski definition) is 3. The lowest BCUT2D eigenvalue weighted by molar-refractivity contribution is -0.154. The fourth-order valence-electron chi connectivity index (χ4n) is 2.26. The topological polar surface area (TPSA) is 56.2 Å². The summed E-state index contributed by atoms with van der Waals surface area (Å²) in [6.45, 7) is -0.460. The number of carbonyl (C=O) groups is 1. The molecule has 0 fully saturated rings. The lowest BCUT2D eigenvalue weighted by atomic mass is 10.1. The first-order chi connectivity index (χ1) is 12.8. The van der Waals surface area contributed by atoms with Crippen molar-refractivity contribution in [2.75, 3.05) is 13.2 Å². The third-order valence-corrected chi connectivity index (χ3v) is 3.46. The Bertz CT molecular complexity index is 872. The number of aryl methyl sites for hydroxylation is 2. The molecule has 5 nitrogen and oxygen atoms in total. The molecule has 0 aliphatic carbocycles. The van der Waals surface area contributed by atoms with E-state index in [1.54, 1.807) is 5.32 Å². The fraction of sp³-hybridized carbons (Fsp3) is 0.375. The van der Waals surface area contributed by atoms with E-state index in [0.29, 0.717) is 0 Å². The van der Waals surface area contributed by atoms with E-state index in [0.717, 1.165) is 22.9 Å². The summed E-state index contributed by atoms with van der Waals surface area (Å²) in [5.74, 6) is -2.40. The predicted octanol–water partition coefficient (Wildman–Crippen LogP) is 3.86. The predicted molar refractivity (Wildman–Crippen MR) is 82.9 cm³/mol. The number of nitrogens with one attached hydrogen (secondary N) is 1. The van der Waals surface area contributed by atoms with Gasteiger partial charge in [-0.25, -0.2) is 9.07 Å². The van der Waals surface area contributed by atoms with E-state index in [4.69, 9.17) is 0 Å². The minimum absolute atomic E-state index is 0.0688. The lowest BCUT2D eigenvalue weighted by Gasteiger charge is -2.13. The molecule has 12 heteroatoms. The zero-order valence-corrected chi connectivity index (χ0v) is 14.5. The first kappa shape index (κ1) is 21.5. The van der Waals surface area contributed by atoms with Crippen molar-refractivity contribution in [1.29, 1.82) is 0 Å². The van der Waals surface area contributed by atoms with Crippen molar-refractivity contribution in [2.24, 2.45) is 0 Å². The number of amides is 1. The van der Waals surface area contributed by atoms with Gasteiger partial charge in [0.25, 0.3) is 5.91 Å². The zero-order chi connectivity index (χ0) is 21.3. The first-order valence-corrected chi connectivity index (χ1v) is 7.68. The molecule has 1 N–H and O–H groups in total. The number of carbonyl (C=O) groups excluding carboxylic acids is 1. The molecular formula is C16H14F7N3O2. The number of aromatic nitrogens is 2. The molecule has 0 saturated carbocycles. The molecule has 1 heterocycles. The molecule has 1 amide bonds. The van der Waals surface area contributed by atoms with Crippen LogP contribution < -0.4 is 10.1 Å². The smallest absolute Gasteiger partial charge is 0.422 e. The molecule has 0 atom stereocenters. The van der Waals surface area contributed by atoms with Crippen molar-refractivity contribution in [3.63, 3.8) is 0 Å². The molecule has 1 aromatic heterocycles. The van der Waals surface area contributed by atoms with Gasteiger partial charge in [-0.15, -0.1) is 5.10 Å². The number of alkyl halides is 6. The molecule has 1 aromatic carbocycles. The standard InChI is InChI=1S/C16H14F7N3O2/c1-8-3-11(17)12(5-10(8)14(27)24-6-15(18,19)20)26-9(2)4-13(25-26)28-7-16(21,22)23/h3-5H,6-7H2,1-2H3,(H,24,27). The van der Waals surface area contributed by atoms with Gasteiger partial charge < -0.3 is 10.1 Å². The summed E-state index contributed by atoms with van der Waals surface area (Å²) in [6.07, 6.45) is -9.23. The molecule has 0 radical (unpaired) electrons. The highest BCUT2D eigenvalue weighted by molar-refractivity contribution is 5.96. The second-order valence-corrected chi connectivity index (χ2v) is 5.86. The molecule has 0 spiro atoms. The van der Waals surface area contributed by atoms with Crippen LogP contribution in [0.3, 0.4) is 0 Å². The van der Waals surface area contributed by atoms with E-state index in [1.165, 1.54) is 13.8 Å². The summed E-state index contributed by atoms with van der Waals surface area (Å²) >= 11 is 0. The second-order valence-electron chi connectivity index (χ2n) is 5.86. The number of rotatable bonds is 5. The van der Waals surface area contributed by atoms with Crippen LogP contribution >= 0.6 is 0 Å². The summed E-state index contributed by atoms with van der Waals surface area (Å²) in [6, 6.07) is 2.99. The van der Waals surface area contributed by atoms with E-state index in [2.05, 4.69) is 9.84 Å².